The topological polar surface area (TPSA) is 15.3 Å². The summed E-state index contributed by atoms with van der Waals surface area (Å²) in [7, 11) is 0. The number of hydrogen-bond acceptors (Lipinski definition) is 2. The molecule has 22 heavy (non-hydrogen) atoms. The zero-order valence-corrected chi connectivity index (χ0v) is 15.5. The fourth-order valence-corrected chi connectivity index (χ4v) is 3.04. The number of piperazine rings is 1. The highest BCUT2D eigenvalue weighted by Gasteiger charge is 2.36. The van der Waals surface area contributed by atoms with Crippen molar-refractivity contribution in [2.45, 2.75) is 18.6 Å². The second kappa shape index (κ2) is 9.55. The smallest absolute Gasteiger partial charge is 0.314 e. The lowest BCUT2D eigenvalue weighted by atomic mass is 10.0. The standard InChI is InChI=1S/C13H15BrClF3N2.2ClH/c14-9-1-2-11(15)10(7-9)12(8-13(16,17)18)20-5-3-19-4-6-20;;/h1-2,7,12,19H,3-6,8H2;2*1H/t12-;;/m1../s1. The van der Waals surface area contributed by atoms with E-state index in [0.29, 0.717) is 36.8 Å². The highest BCUT2D eigenvalue weighted by atomic mass is 79.9. The van der Waals surface area contributed by atoms with E-state index in [2.05, 4.69) is 21.2 Å². The Balaban J connectivity index is 0.00000220. The maximum Gasteiger partial charge on any atom is 0.390 e. The van der Waals surface area contributed by atoms with Crippen LogP contribution in [0.15, 0.2) is 22.7 Å². The molecule has 1 aromatic rings. The van der Waals surface area contributed by atoms with E-state index in [1.807, 2.05) is 4.90 Å². The van der Waals surface area contributed by atoms with Gasteiger partial charge in [-0.05, 0) is 23.8 Å². The number of rotatable bonds is 3. The minimum Gasteiger partial charge on any atom is -0.314 e. The summed E-state index contributed by atoms with van der Waals surface area (Å²) in [4.78, 5) is 1.84. The molecule has 1 aliphatic heterocycles. The Morgan fingerprint density at radius 1 is 1.23 bits per heavy atom. The molecule has 1 saturated heterocycles. The van der Waals surface area contributed by atoms with Crippen LogP contribution in [0.1, 0.15) is 18.0 Å². The van der Waals surface area contributed by atoms with Crippen molar-refractivity contribution in [2.75, 3.05) is 26.2 Å². The largest absolute Gasteiger partial charge is 0.390 e. The first-order chi connectivity index (χ1) is 9.37. The first-order valence-corrected chi connectivity index (χ1v) is 7.50. The van der Waals surface area contributed by atoms with Crippen LogP contribution in [0.25, 0.3) is 0 Å². The number of alkyl halides is 3. The van der Waals surface area contributed by atoms with Crippen molar-refractivity contribution in [2.24, 2.45) is 0 Å². The van der Waals surface area contributed by atoms with E-state index in [0.717, 1.165) is 4.47 Å². The number of nitrogens with one attached hydrogen (secondary N) is 1. The Labute approximate surface area is 153 Å². The van der Waals surface area contributed by atoms with Crippen LogP contribution < -0.4 is 5.32 Å². The van der Waals surface area contributed by atoms with E-state index in [9.17, 15) is 13.2 Å². The van der Waals surface area contributed by atoms with Crippen molar-refractivity contribution < 1.29 is 13.2 Å². The summed E-state index contributed by atoms with van der Waals surface area (Å²) in [6.45, 7) is 2.56. The van der Waals surface area contributed by atoms with Gasteiger partial charge in [-0.1, -0.05) is 27.5 Å². The first-order valence-electron chi connectivity index (χ1n) is 6.33. The molecular weight excluding hydrogens is 427 g/mol. The van der Waals surface area contributed by atoms with Crippen LogP contribution >= 0.6 is 52.3 Å². The number of nitrogens with zero attached hydrogens (tertiary/aromatic N) is 1. The SMILES string of the molecule is Cl.Cl.FC(F)(F)C[C@H](c1cc(Br)ccc1Cl)N1CCNCC1. The van der Waals surface area contributed by atoms with Gasteiger partial charge in [0.2, 0.25) is 0 Å². The van der Waals surface area contributed by atoms with E-state index in [4.69, 9.17) is 11.6 Å². The molecule has 1 atom stereocenters. The van der Waals surface area contributed by atoms with E-state index in [1.54, 1.807) is 18.2 Å². The maximum absolute atomic E-state index is 12.9. The monoisotopic (exact) mass is 442 g/mol. The molecule has 2 rings (SSSR count). The maximum atomic E-state index is 12.9. The third-order valence-corrected chi connectivity index (χ3v) is 4.17. The highest BCUT2D eigenvalue weighted by molar-refractivity contribution is 9.10. The summed E-state index contributed by atoms with van der Waals surface area (Å²) in [5, 5.41) is 3.52. The van der Waals surface area contributed by atoms with Crippen molar-refractivity contribution in [1.29, 1.82) is 0 Å². The van der Waals surface area contributed by atoms with Crippen molar-refractivity contribution in [3.05, 3.63) is 33.3 Å². The summed E-state index contributed by atoms with van der Waals surface area (Å²) in [6, 6.07) is 4.31. The first kappa shape index (κ1) is 22.3. The van der Waals surface area contributed by atoms with E-state index in [1.165, 1.54) is 0 Å². The fraction of sp³-hybridized carbons (Fsp3) is 0.538. The van der Waals surface area contributed by atoms with Crippen LogP contribution in [0.4, 0.5) is 13.2 Å². The lowest BCUT2D eigenvalue weighted by molar-refractivity contribution is -0.148. The van der Waals surface area contributed by atoms with E-state index < -0.39 is 18.6 Å². The predicted molar refractivity (Wildman–Crippen MR) is 91.5 cm³/mol. The summed E-state index contributed by atoms with van der Waals surface area (Å²) < 4.78 is 39.4. The molecule has 0 bridgehead atoms. The molecule has 0 unspecified atom stereocenters. The normalized spacial score (nSPS) is 17.3. The number of benzene rings is 1. The molecule has 1 heterocycles. The molecular formula is C13H17BrCl3F3N2. The molecule has 1 N–H and O–H groups in total. The minimum atomic E-state index is -4.22. The van der Waals surface area contributed by atoms with Gasteiger partial charge in [-0.15, -0.1) is 24.8 Å². The van der Waals surface area contributed by atoms with Crippen LogP contribution in [-0.4, -0.2) is 37.3 Å². The molecule has 0 saturated carbocycles. The van der Waals surface area contributed by atoms with Crippen molar-refractivity contribution in [1.82, 2.24) is 10.2 Å². The zero-order chi connectivity index (χ0) is 14.8. The molecule has 0 amide bonds. The molecule has 2 nitrogen and oxygen atoms in total. The molecule has 0 radical (unpaired) electrons. The van der Waals surface area contributed by atoms with Crippen LogP contribution in [0.3, 0.4) is 0 Å². The Bertz CT molecular complexity index is 468. The number of halogens is 7. The Kier molecular flexibility index (Phi) is 9.67. The van der Waals surface area contributed by atoms with Crippen molar-refractivity contribution in [3.63, 3.8) is 0 Å². The summed E-state index contributed by atoms with van der Waals surface area (Å²) in [5.74, 6) is 0. The third-order valence-electron chi connectivity index (χ3n) is 3.33. The van der Waals surface area contributed by atoms with Gasteiger partial charge in [-0.2, -0.15) is 13.2 Å². The highest BCUT2D eigenvalue weighted by Crippen LogP contribution is 2.38. The molecule has 1 aliphatic rings. The van der Waals surface area contributed by atoms with Gasteiger partial charge in [0.15, 0.2) is 0 Å². The molecule has 9 heteroatoms. The van der Waals surface area contributed by atoms with Gasteiger partial charge >= 0.3 is 6.18 Å². The van der Waals surface area contributed by atoms with Gasteiger partial charge in [0.05, 0.1) is 6.42 Å². The van der Waals surface area contributed by atoms with Gasteiger partial charge in [-0.25, -0.2) is 0 Å². The second-order valence-electron chi connectivity index (χ2n) is 4.79. The van der Waals surface area contributed by atoms with Gasteiger partial charge in [0, 0.05) is 41.7 Å². The molecule has 1 fully saturated rings. The van der Waals surface area contributed by atoms with E-state index >= 15 is 0 Å². The third kappa shape index (κ3) is 6.42. The average molecular weight is 445 g/mol. The van der Waals surface area contributed by atoms with Crippen molar-refractivity contribution in [3.8, 4) is 0 Å². The van der Waals surface area contributed by atoms with Crippen LogP contribution in [0.2, 0.25) is 5.02 Å². The van der Waals surface area contributed by atoms with Crippen LogP contribution in [0.5, 0.6) is 0 Å². The van der Waals surface area contributed by atoms with Crippen molar-refractivity contribution >= 4 is 52.3 Å². The van der Waals surface area contributed by atoms with Gasteiger partial charge in [0.25, 0.3) is 0 Å². The summed E-state index contributed by atoms with van der Waals surface area (Å²) >= 11 is 9.41. The number of hydrogen-bond donors (Lipinski definition) is 1. The zero-order valence-electron chi connectivity index (χ0n) is 11.5. The Morgan fingerprint density at radius 2 is 1.82 bits per heavy atom. The van der Waals surface area contributed by atoms with Gasteiger partial charge in [-0.3, -0.25) is 4.90 Å². The quantitative estimate of drug-likeness (QED) is 0.718. The lowest BCUT2D eigenvalue weighted by Gasteiger charge is -2.36. The summed E-state index contributed by atoms with van der Waals surface area (Å²) in [5.41, 5.74) is 0.528. The predicted octanol–water partition coefficient (Wildman–Crippen LogP) is 4.84. The molecule has 1 aromatic carbocycles. The van der Waals surface area contributed by atoms with E-state index in [-0.39, 0.29) is 24.8 Å². The Hall–Kier alpha value is 0.280. The van der Waals surface area contributed by atoms with Crippen LogP contribution in [0, 0.1) is 0 Å². The minimum absolute atomic E-state index is 0. The summed E-state index contributed by atoms with van der Waals surface area (Å²) in [6.07, 6.45) is -5.11. The van der Waals surface area contributed by atoms with Crippen LogP contribution in [-0.2, 0) is 0 Å². The average Bonchev–Trinajstić information content (AvgIpc) is 2.39. The second-order valence-corrected chi connectivity index (χ2v) is 6.11. The van der Waals surface area contributed by atoms with Gasteiger partial charge < -0.3 is 5.32 Å². The van der Waals surface area contributed by atoms with Gasteiger partial charge in [0.1, 0.15) is 0 Å². The molecule has 128 valence electrons. The molecule has 0 aliphatic carbocycles. The molecule has 0 spiro atoms. The lowest BCUT2D eigenvalue weighted by Crippen LogP contribution is -2.46. The fourth-order valence-electron chi connectivity index (χ4n) is 2.42. The Morgan fingerprint density at radius 3 is 2.36 bits per heavy atom. The molecule has 0 aromatic heterocycles.